The number of nitrogens with zero attached hydrogens (tertiary/aromatic N) is 1. The molecular weight excluding hydrogens is 118 g/mol. The van der Waals surface area contributed by atoms with Gasteiger partial charge < -0.3 is 0 Å². The number of hydrogen-bond acceptors (Lipinski definition) is 1. The minimum atomic E-state index is 0. The minimum absolute atomic E-state index is 0. The number of hydrogen-bond donors (Lipinski definition) is 1. The fourth-order valence-corrected chi connectivity index (χ4v) is 0.500. The molecule has 1 N–H and O–H groups in total. The average Bonchev–Trinajstić information content (AvgIpc) is 1.76. The molecule has 1 aromatic rings. The summed E-state index contributed by atoms with van der Waals surface area (Å²) in [5.74, 6) is 1.93. The van der Waals surface area contributed by atoms with E-state index in [1.54, 1.807) is 6.20 Å². The summed E-state index contributed by atoms with van der Waals surface area (Å²) in [4.78, 5) is 2.71. The Morgan fingerprint density at radius 2 is 2.50 bits per heavy atom. The largest absolute Gasteiger partial charge is 0.260 e. The summed E-state index contributed by atoms with van der Waals surface area (Å²) in [6.07, 6.45) is 1.74. The molecule has 1 heterocycles. The summed E-state index contributed by atoms with van der Waals surface area (Å²) in [6.45, 7) is 0. The lowest BCUT2D eigenvalue weighted by molar-refractivity contribution is 1.16. The highest BCUT2D eigenvalue weighted by atomic mass is 35.5. The van der Waals surface area contributed by atoms with E-state index in [0.29, 0.717) is 0 Å². The second-order valence-electron chi connectivity index (χ2n) is 0.656. The van der Waals surface area contributed by atoms with Gasteiger partial charge >= 0.3 is 0 Å². The molecule has 4 heteroatoms. The van der Waals surface area contributed by atoms with Crippen LogP contribution in [0.2, 0.25) is 0 Å². The number of rotatable bonds is 0. The molecule has 1 aromatic heterocycles. The summed E-state index contributed by atoms with van der Waals surface area (Å²) in [5.41, 5.74) is 0. The lowest BCUT2D eigenvalue weighted by Crippen LogP contribution is -1.50. The summed E-state index contributed by atoms with van der Waals surface area (Å²) >= 11 is 0. The van der Waals surface area contributed by atoms with Gasteiger partial charge in [0.2, 0.25) is 0 Å². The van der Waals surface area contributed by atoms with Crippen LogP contribution in [0.4, 0.5) is 0 Å². The summed E-state index contributed by atoms with van der Waals surface area (Å²) in [7, 11) is 1.09. The van der Waals surface area contributed by atoms with Crippen molar-refractivity contribution in [3.05, 3.63) is 12.0 Å². The van der Waals surface area contributed by atoms with Crippen molar-refractivity contribution in [1.82, 2.24) is 9.96 Å². The molecule has 0 radical (unpaired) electrons. The molecule has 0 saturated carbocycles. The van der Waals surface area contributed by atoms with Gasteiger partial charge in [-0.2, -0.15) is 5.10 Å². The van der Waals surface area contributed by atoms with Gasteiger partial charge in [-0.1, -0.05) is 0 Å². The topological polar surface area (TPSA) is 28.7 Å². The zero-order valence-corrected chi connectivity index (χ0v) is 4.67. The maximum absolute atomic E-state index is 3.64. The molecule has 0 saturated heterocycles. The Labute approximate surface area is 43.5 Å². The molecule has 0 aromatic carbocycles. The van der Waals surface area contributed by atoms with E-state index in [4.69, 9.17) is 0 Å². The molecule has 0 aliphatic carbocycles. The van der Waals surface area contributed by atoms with Crippen molar-refractivity contribution < 1.29 is 0 Å². The van der Waals surface area contributed by atoms with Crippen LogP contribution in [0, 0.1) is 0 Å². The Bertz CT molecular complexity index is 68.0. The standard InChI is InChI=1S/C2H3N2P.ClH/c1-2-5-4-3-1;/h1-2H,(H,3,4);1H. The van der Waals surface area contributed by atoms with E-state index in [1.165, 1.54) is 0 Å². The van der Waals surface area contributed by atoms with E-state index < -0.39 is 0 Å². The lowest BCUT2D eigenvalue weighted by Gasteiger charge is -1.48. The average molecular weight is 122 g/mol. The predicted octanol–water partition coefficient (Wildman–Crippen LogP) is 1.41. The van der Waals surface area contributed by atoms with Gasteiger partial charge in [-0.15, -0.1) is 12.4 Å². The van der Waals surface area contributed by atoms with Crippen molar-refractivity contribution in [2.75, 3.05) is 0 Å². The first-order valence-corrected chi connectivity index (χ1v) is 2.26. The first-order chi connectivity index (χ1) is 2.50. The maximum Gasteiger partial charge on any atom is 0.0535 e. The summed E-state index contributed by atoms with van der Waals surface area (Å²) in [6, 6.07) is 0. The Balaban J connectivity index is 0.000000250. The van der Waals surface area contributed by atoms with Gasteiger partial charge in [-0.3, -0.25) is 4.86 Å². The van der Waals surface area contributed by atoms with Gasteiger partial charge in [-0.05, 0) is 0 Å². The summed E-state index contributed by atoms with van der Waals surface area (Å²) < 4.78 is 0. The Morgan fingerprint density at radius 1 is 1.67 bits per heavy atom. The molecule has 0 spiro atoms. The van der Waals surface area contributed by atoms with Crippen molar-refractivity contribution in [1.29, 1.82) is 0 Å². The van der Waals surface area contributed by atoms with Crippen molar-refractivity contribution >= 4 is 20.8 Å². The Hall–Kier alpha value is -0.0700. The zero-order chi connectivity index (χ0) is 3.54. The van der Waals surface area contributed by atoms with Crippen molar-refractivity contribution in [3.63, 3.8) is 0 Å². The number of halogens is 1. The molecular formula is C2H4ClN2P. The van der Waals surface area contributed by atoms with Crippen LogP contribution in [-0.4, -0.2) is 9.96 Å². The van der Waals surface area contributed by atoms with Crippen LogP contribution in [-0.2, 0) is 0 Å². The van der Waals surface area contributed by atoms with Crippen LogP contribution >= 0.6 is 20.8 Å². The third-order valence-corrected chi connectivity index (χ3v) is 0.845. The number of H-pyrrole nitrogens is 1. The third kappa shape index (κ3) is 1.39. The molecule has 0 aliphatic heterocycles. The smallest absolute Gasteiger partial charge is 0.0535 e. The molecule has 6 heavy (non-hydrogen) atoms. The van der Waals surface area contributed by atoms with Crippen molar-refractivity contribution in [2.24, 2.45) is 0 Å². The first-order valence-electron chi connectivity index (χ1n) is 1.30. The van der Waals surface area contributed by atoms with Crippen LogP contribution in [0.5, 0.6) is 0 Å². The van der Waals surface area contributed by atoms with Crippen LogP contribution in [0.25, 0.3) is 0 Å². The molecule has 2 nitrogen and oxygen atoms in total. The fraction of sp³-hybridized carbons (Fsp3) is 0. The van der Waals surface area contributed by atoms with Gasteiger partial charge in [0.25, 0.3) is 0 Å². The first kappa shape index (κ1) is 5.93. The SMILES string of the molecule is Cl.c1cp[nH]n1. The van der Waals surface area contributed by atoms with Crippen LogP contribution in [0.3, 0.4) is 0 Å². The highest BCUT2D eigenvalue weighted by Crippen LogP contribution is 1.88. The molecule has 1 rings (SSSR count). The molecule has 0 amide bonds. The lowest BCUT2D eigenvalue weighted by atomic mass is 11.1. The molecule has 0 bridgehead atoms. The fourth-order valence-electron chi connectivity index (χ4n) is 0.167. The van der Waals surface area contributed by atoms with Gasteiger partial charge in [0.05, 0.1) is 6.20 Å². The van der Waals surface area contributed by atoms with Gasteiger partial charge in [0.15, 0.2) is 0 Å². The highest BCUT2D eigenvalue weighted by Gasteiger charge is 1.58. The van der Waals surface area contributed by atoms with E-state index in [1.807, 2.05) is 5.80 Å². The van der Waals surface area contributed by atoms with Gasteiger partial charge in [-0.25, -0.2) is 0 Å². The number of aromatic amines is 1. The highest BCUT2D eigenvalue weighted by molar-refractivity contribution is 7.24. The monoisotopic (exact) mass is 122 g/mol. The quantitative estimate of drug-likeness (QED) is 0.554. The zero-order valence-electron chi connectivity index (χ0n) is 2.96. The van der Waals surface area contributed by atoms with E-state index >= 15 is 0 Å². The Morgan fingerprint density at radius 3 is 2.67 bits per heavy atom. The Kier molecular flexibility index (Phi) is 3.10. The van der Waals surface area contributed by atoms with Gasteiger partial charge in [0, 0.05) is 14.1 Å². The molecule has 0 aliphatic rings. The minimum Gasteiger partial charge on any atom is -0.260 e. The van der Waals surface area contributed by atoms with Crippen LogP contribution in [0.1, 0.15) is 0 Å². The molecule has 34 valence electrons. The molecule has 0 fully saturated rings. The van der Waals surface area contributed by atoms with E-state index in [0.717, 1.165) is 8.35 Å². The third-order valence-electron chi connectivity index (χ3n) is 0.331. The van der Waals surface area contributed by atoms with Gasteiger partial charge in [0.1, 0.15) is 0 Å². The second-order valence-corrected chi connectivity index (χ2v) is 1.41. The van der Waals surface area contributed by atoms with Crippen LogP contribution < -0.4 is 0 Å². The second kappa shape index (κ2) is 3.13. The summed E-state index contributed by atoms with van der Waals surface area (Å²) in [5, 5.41) is 3.64. The van der Waals surface area contributed by atoms with E-state index in [9.17, 15) is 0 Å². The number of aromatic nitrogens is 2. The normalized spacial score (nSPS) is 8.00. The van der Waals surface area contributed by atoms with E-state index in [2.05, 4.69) is 9.96 Å². The van der Waals surface area contributed by atoms with E-state index in [-0.39, 0.29) is 12.4 Å². The molecule has 0 atom stereocenters. The van der Waals surface area contributed by atoms with Crippen LogP contribution in [0.15, 0.2) is 12.0 Å². The molecule has 0 unspecified atom stereocenters. The van der Waals surface area contributed by atoms with Crippen molar-refractivity contribution in [3.8, 4) is 0 Å². The maximum atomic E-state index is 3.64. The predicted molar refractivity (Wildman–Crippen MR) is 28.3 cm³/mol. The number of nitrogens with one attached hydrogen (secondary N) is 1. The van der Waals surface area contributed by atoms with Crippen molar-refractivity contribution in [2.45, 2.75) is 0 Å².